The molecule has 20 heavy (non-hydrogen) atoms. The van der Waals surface area contributed by atoms with Gasteiger partial charge in [0, 0.05) is 6.61 Å². The Kier molecular flexibility index (Phi) is 12.5. The Balaban J connectivity index is 3.54. The molecule has 0 heterocycles. The highest BCUT2D eigenvalue weighted by molar-refractivity contribution is 7.80. The highest BCUT2D eigenvalue weighted by atomic mass is 32.3. The van der Waals surface area contributed by atoms with Crippen molar-refractivity contribution < 1.29 is 21.9 Å². The molecule has 1 N–H and O–H groups in total. The number of rotatable bonds is 14. The van der Waals surface area contributed by atoms with E-state index in [1.165, 1.54) is 38.5 Å². The Hall–Kier alpha value is -0.170. The minimum absolute atomic E-state index is 0.455. The summed E-state index contributed by atoms with van der Waals surface area (Å²) < 4.78 is 39.7. The van der Waals surface area contributed by atoms with Crippen molar-refractivity contribution in [1.29, 1.82) is 0 Å². The van der Waals surface area contributed by atoms with Gasteiger partial charge in [-0.25, -0.2) is 4.18 Å². The van der Waals surface area contributed by atoms with Crippen molar-refractivity contribution in [3.05, 3.63) is 0 Å². The van der Waals surface area contributed by atoms with Crippen LogP contribution < -0.4 is 0 Å². The van der Waals surface area contributed by atoms with Crippen molar-refractivity contribution in [3.8, 4) is 0 Å². The SMILES string of the molecule is CCCCCCCCCCOC(CCC)OS(=O)(=O)O. The number of hydrogen-bond acceptors (Lipinski definition) is 4. The van der Waals surface area contributed by atoms with Gasteiger partial charge in [0.15, 0.2) is 6.29 Å². The quantitative estimate of drug-likeness (QED) is 0.297. The molecule has 1 atom stereocenters. The molecule has 0 aromatic rings. The zero-order valence-corrected chi connectivity index (χ0v) is 13.7. The van der Waals surface area contributed by atoms with Gasteiger partial charge in [0.2, 0.25) is 0 Å². The van der Waals surface area contributed by atoms with E-state index in [2.05, 4.69) is 11.1 Å². The van der Waals surface area contributed by atoms with E-state index in [9.17, 15) is 8.42 Å². The van der Waals surface area contributed by atoms with Crippen LogP contribution in [0.1, 0.15) is 78.1 Å². The number of unbranched alkanes of at least 4 members (excludes halogenated alkanes) is 7. The highest BCUT2D eigenvalue weighted by Crippen LogP contribution is 2.11. The van der Waals surface area contributed by atoms with Gasteiger partial charge in [-0.1, -0.05) is 65.2 Å². The summed E-state index contributed by atoms with van der Waals surface area (Å²) in [6, 6.07) is 0. The second-order valence-corrected chi connectivity index (χ2v) is 6.14. The molecule has 0 radical (unpaired) electrons. The molecule has 122 valence electrons. The van der Waals surface area contributed by atoms with E-state index < -0.39 is 16.7 Å². The van der Waals surface area contributed by atoms with Crippen molar-refractivity contribution in [2.24, 2.45) is 0 Å². The predicted molar refractivity (Wildman–Crippen MR) is 79.9 cm³/mol. The zero-order chi connectivity index (χ0) is 15.3. The van der Waals surface area contributed by atoms with E-state index >= 15 is 0 Å². The van der Waals surface area contributed by atoms with Gasteiger partial charge in [-0.15, -0.1) is 0 Å². The third kappa shape index (κ3) is 14.2. The average Bonchev–Trinajstić information content (AvgIpc) is 2.35. The normalized spacial score (nSPS) is 13.6. The standard InChI is InChI=1S/C14H30O5S/c1-3-5-6-7-8-9-10-11-13-18-14(12-4-2)19-20(15,16)17/h14H,3-13H2,1-2H3,(H,15,16,17). The van der Waals surface area contributed by atoms with Crippen LogP contribution in [0.4, 0.5) is 0 Å². The maximum atomic E-state index is 10.6. The average molecular weight is 310 g/mol. The molecule has 0 spiro atoms. The summed E-state index contributed by atoms with van der Waals surface area (Å²) in [5.74, 6) is 0. The van der Waals surface area contributed by atoms with Crippen LogP contribution in [0, 0.1) is 0 Å². The number of hydrogen-bond donors (Lipinski definition) is 1. The summed E-state index contributed by atoms with van der Waals surface area (Å²) in [6.45, 7) is 4.58. The van der Waals surface area contributed by atoms with Crippen LogP contribution in [-0.4, -0.2) is 25.9 Å². The molecule has 5 nitrogen and oxygen atoms in total. The fraction of sp³-hybridized carbons (Fsp3) is 1.00. The smallest absolute Gasteiger partial charge is 0.351 e. The van der Waals surface area contributed by atoms with Gasteiger partial charge in [-0.2, -0.15) is 8.42 Å². The van der Waals surface area contributed by atoms with Crippen molar-refractivity contribution in [1.82, 2.24) is 0 Å². The fourth-order valence-electron chi connectivity index (χ4n) is 1.98. The van der Waals surface area contributed by atoms with Gasteiger partial charge in [0.25, 0.3) is 0 Å². The first-order chi connectivity index (χ1) is 9.49. The van der Waals surface area contributed by atoms with E-state index in [1.54, 1.807) is 0 Å². The van der Waals surface area contributed by atoms with Crippen LogP contribution in [0.25, 0.3) is 0 Å². The van der Waals surface area contributed by atoms with E-state index in [4.69, 9.17) is 9.29 Å². The molecule has 0 bridgehead atoms. The third-order valence-electron chi connectivity index (χ3n) is 3.05. The van der Waals surface area contributed by atoms with Crippen LogP contribution >= 0.6 is 0 Å². The van der Waals surface area contributed by atoms with Crippen molar-refractivity contribution in [2.75, 3.05) is 6.61 Å². The van der Waals surface area contributed by atoms with Crippen molar-refractivity contribution in [2.45, 2.75) is 84.3 Å². The largest absolute Gasteiger partial charge is 0.399 e. The lowest BCUT2D eigenvalue weighted by atomic mass is 10.1. The Bertz CT molecular complexity index is 303. The Labute approximate surface area is 124 Å². The molecule has 0 fully saturated rings. The molecule has 1 unspecified atom stereocenters. The summed E-state index contributed by atoms with van der Waals surface area (Å²) >= 11 is 0. The van der Waals surface area contributed by atoms with Crippen LogP contribution in [0.5, 0.6) is 0 Å². The minimum atomic E-state index is -4.43. The first kappa shape index (κ1) is 19.8. The Morgan fingerprint density at radius 3 is 1.95 bits per heavy atom. The van der Waals surface area contributed by atoms with Gasteiger partial charge in [-0.05, 0) is 12.8 Å². The van der Waals surface area contributed by atoms with Crippen LogP contribution in [0.3, 0.4) is 0 Å². The van der Waals surface area contributed by atoms with Crippen molar-refractivity contribution >= 4 is 10.4 Å². The summed E-state index contributed by atoms with van der Waals surface area (Å²) in [5.41, 5.74) is 0. The molecule has 0 aliphatic heterocycles. The molecule has 0 amide bonds. The van der Waals surface area contributed by atoms with Crippen LogP contribution in [0.2, 0.25) is 0 Å². The second-order valence-electron chi connectivity index (χ2n) is 5.09. The van der Waals surface area contributed by atoms with E-state index in [0.717, 1.165) is 19.3 Å². The summed E-state index contributed by atoms with van der Waals surface area (Å²) in [7, 11) is -4.43. The monoisotopic (exact) mass is 310 g/mol. The van der Waals surface area contributed by atoms with Crippen molar-refractivity contribution in [3.63, 3.8) is 0 Å². The molecular weight excluding hydrogens is 280 g/mol. The van der Waals surface area contributed by atoms with E-state index in [0.29, 0.717) is 13.0 Å². The first-order valence-electron chi connectivity index (χ1n) is 7.77. The minimum Gasteiger partial charge on any atom is -0.351 e. The molecule has 6 heteroatoms. The Morgan fingerprint density at radius 1 is 0.900 bits per heavy atom. The Morgan fingerprint density at radius 2 is 1.45 bits per heavy atom. The van der Waals surface area contributed by atoms with E-state index in [-0.39, 0.29) is 0 Å². The molecule has 0 rings (SSSR count). The van der Waals surface area contributed by atoms with Gasteiger partial charge in [0.05, 0.1) is 0 Å². The summed E-state index contributed by atoms with van der Waals surface area (Å²) in [5, 5.41) is 0. The predicted octanol–water partition coefficient (Wildman–Crippen LogP) is 4.09. The molecule has 0 aliphatic carbocycles. The second kappa shape index (κ2) is 12.6. The zero-order valence-electron chi connectivity index (χ0n) is 12.8. The van der Waals surface area contributed by atoms with Gasteiger partial charge in [0.1, 0.15) is 0 Å². The van der Waals surface area contributed by atoms with E-state index in [1.807, 2.05) is 6.92 Å². The van der Waals surface area contributed by atoms with Crippen LogP contribution in [-0.2, 0) is 19.3 Å². The molecular formula is C14H30O5S. The molecule has 0 saturated heterocycles. The lowest BCUT2D eigenvalue weighted by Crippen LogP contribution is -2.21. The lowest BCUT2D eigenvalue weighted by molar-refractivity contribution is -0.0867. The highest BCUT2D eigenvalue weighted by Gasteiger charge is 2.16. The first-order valence-corrected chi connectivity index (χ1v) is 9.13. The van der Waals surface area contributed by atoms with Gasteiger partial charge >= 0.3 is 10.4 Å². The third-order valence-corrected chi connectivity index (χ3v) is 3.51. The lowest BCUT2D eigenvalue weighted by Gasteiger charge is -2.15. The topological polar surface area (TPSA) is 72.8 Å². The molecule has 0 aromatic heterocycles. The van der Waals surface area contributed by atoms with Crippen LogP contribution in [0.15, 0.2) is 0 Å². The van der Waals surface area contributed by atoms with Gasteiger partial charge in [-0.3, -0.25) is 4.55 Å². The molecule has 0 aromatic carbocycles. The molecule has 0 aliphatic rings. The fourth-order valence-corrected chi connectivity index (χ4v) is 2.40. The summed E-state index contributed by atoms with van der Waals surface area (Å²) in [4.78, 5) is 0. The summed E-state index contributed by atoms with van der Waals surface area (Å²) in [6.07, 6.45) is 9.92. The maximum Gasteiger partial charge on any atom is 0.399 e. The van der Waals surface area contributed by atoms with Gasteiger partial charge < -0.3 is 4.74 Å². The number of ether oxygens (including phenoxy) is 1. The molecule has 0 saturated carbocycles. The maximum absolute atomic E-state index is 10.6.